The number of β-lactam (4-membered cyclic amide) rings is 1. The lowest BCUT2D eigenvalue weighted by atomic mass is 9.99. The van der Waals surface area contributed by atoms with Gasteiger partial charge >= 0.3 is 12.0 Å². The molecule has 1 saturated heterocycles. The molecule has 0 radical (unpaired) electrons. The van der Waals surface area contributed by atoms with Crippen LogP contribution in [0.2, 0.25) is 0 Å². The van der Waals surface area contributed by atoms with E-state index in [9.17, 15) is 18.6 Å². The summed E-state index contributed by atoms with van der Waals surface area (Å²) in [5.41, 5.74) is 4.75. The molecule has 0 bridgehead atoms. The summed E-state index contributed by atoms with van der Waals surface area (Å²) < 4.78 is 17.0. The monoisotopic (exact) mass is 409 g/mol. The van der Waals surface area contributed by atoms with Crippen molar-refractivity contribution in [2.75, 3.05) is 6.61 Å². The molecule has 1 rings (SSSR count). The highest BCUT2D eigenvalue weighted by atomic mass is 35.7. The minimum absolute atomic E-state index is 0.0866. The van der Waals surface area contributed by atoms with E-state index in [4.69, 9.17) is 26.0 Å². The minimum atomic E-state index is -2.13. The summed E-state index contributed by atoms with van der Waals surface area (Å²) in [5, 5.41) is -0.574. The van der Waals surface area contributed by atoms with Gasteiger partial charge in [0.25, 0.3) is 5.91 Å². The van der Waals surface area contributed by atoms with E-state index < -0.39 is 51.0 Å². The normalized spacial score (nSPS) is 22.2. The van der Waals surface area contributed by atoms with Crippen LogP contribution in [0.15, 0.2) is 12.2 Å². The summed E-state index contributed by atoms with van der Waals surface area (Å²) in [6, 6.07) is -3.56. The molecule has 4 unspecified atom stereocenters. The van der Waals surface area contributed by atoms with Crippen molar-refractivity contribution in [2.45, 2.75) is 57.7 Å². The molecule has 0 aromatic carbocycles. The Labute approximate surface area is 159 Å². The Hall–Kier alpha value is -1.65. The van der Waals surface area contributed by atoms with Gasteiger partial charge in [-0.1, -0.05) is 6.58 Å². The van der Waals surface area contributed by atoms with Crippen LogP contribution >= 0.6 is 10.7 Å². The second-order valence-corrected chi connectivity index (χ2v) is 8.59. The number of hydroxylamine groups is 2. The maximum Gasteiger partial charge on any atom is 0.339 e. The maximum atomic E-state index is 12.7. The van der Waals surface area contributed by atoms with E-state index in [0.29, 0.717) is 10.6 Å². The highest BCUT2D eigenvalue weighted by molar-refractivity contribution is 8.08. The molecule has 11 heteroatoms. The van der Waals surface area contributed by atoms with Gasteiger partial charge in [0.1, 0.15) is 10.0 Å². The van der Waals surface area contributed by atoms with Crippen molar-refractivity contribution < 1.29 is 28.2 Å². The Bertz CT molecular complexity index is 635. The number of esters is 1. The van der Waals surface area contributed by atoms with Crippen molar-refractivity contribution >= 4 is 38.6 Å². The quantitative estimate of drug-likeness (QED) is 0.220. The second kappa shape index (κ2) is 8.36. The molecule has 1 aliphatic rings. The summed E-state index contributed by atoms with van der Waals surface area (Å²) >= 11 is 0. The first-order chi connectivity index (χ1) is 11.8. The molecule has 1 fully saturated rings. The van der Waals surface area contributed by atoms with Gasteiger partial charge in [-0.15, -0.1) is 0 Å². The van der Waals surface area contributed by atoms with E-state index in [1.807, 2.05) is 0 Å². The third-order valence-corrected chi connectivity index (χ3v) is 4.75. The fourth-order valence-electron chi connectivity index (χ4n) is 2.46. The smallest absolute Gasteiger partial charge is 0.339 e. The third kappa shape index (κ3) is 4.74. The molecule has 1 aliphatic heterocycles. The van der Waals surface area contributed by atoms with Crippen LogP contribution in [0.4, 0.5) is 4.79 Å². The van der Waals surface area contributed by atoms with Crippen molar-refractivity contribution in [2.24, 2.45) is 5.73 Å². The van der Waals surface area contributed by atoms with E-state index in [0.717, 1.165) is 4.90 Å². The van der Waals surface area contributed by atoms with Gasteiger partial charge in [0.15, 0.2) is 17.5 Å². The van der Waals surface area contributed by atoms with Gasteiger partial charge in [-0.3, -0.25) is 9.63 Å². The third-order valence-electron chi connectivity index (χ3n) is 3.34. The second-order valence-electron chi connectivity index (χ2n) is 6.70. The molecule has 26 heavy (non-hydrogen) atoms. The number of likely N-dealkylation sites (tertiary alicyclic amines) is 1. The number of rotatable bonds is 7. The lowest BCUT2D eigenvalue weighted by Crippen LogP contribution is -2.76. The van der Waals surface area contributed by atoms with Crippen LogP contribution in [-0.2, 0) is 29.2 Å². The summed E-state index contributed by atoms with van der Waals surface area (Å²) in [4.78, 5) is 43.1. The maximum absolute atomic E-state index is 12.7. The van der Waals surface area contributed by atoms with E-state index in [2.05, 4.69) is 6.58 Å². The van der Waals surface area contributed by atoms with Gasteiger partial charge in [0, 0.05) is 0 Å². The van der Waals surface area contributed by atoms with Crippen molar-refractivity contribution in [3.05, 3.63) is 12.2 Å². The van der Waals surface area contributed by atoms with Crippen molar-refractivity contribution in [1.82, 2.24) is 9.96 Å². The predicted molar refractivity (Wildman–Crippen MR) is 95.9 cm³/mol. The molecule has 3 amide bonds. The summed E-state index contributed by atoms with van der Waals surface area (Å²) in [5.74, 6) is -1.44. The molecular formula is C15H24ClN3O6S. The van der Waals surface area contributed by atoms with Gasteiger partial charge in [0.05, 0.1) is 12.2 Å². The first-order valence-electron chi connectivity index (χ1n) is 7.82. The Morgan fingerprint density at radius 3 is 2.35 bits per heavy atom. The summed E-state index contributed by atoms with van der Waals surface area (Å²) in [6.45, 7) is 11.8. The summed E-state index contributed by atoms with van der Waals surface area (Å²) in [6.07, 6.45) is 0. The van der Waals surface area contributed by atoms with Crippen LogP contribution in [0, 0.1) is 0 Å². The molecular weight excluding hydrogens is 386 g/mol. The molecule has 0 aromatic heterocycles. The number of primary amides is 1. The molecule has 9 nitrogen and oxygen atoms in total. The van der Waals surface area contributed by atoms with Crippen LogP contribution < -0.4 is 5.73 Å². The largest absolute Gasteiger partial charge is 0.464 e. The SMILES string of the molecule is C=C(C)C(C(=O)OCC)N1C(=O)C(N(OC(C)(C)C)C(N)=O)C1S(=O)Cl. The zero-order valence-corrected chi connectivity index (χ0v) is 16.9. The van der Waals surface area contributed by atoms with Gasteiger partial charge in [-0.25, -0.2) is 13.8 Å². The lowest BCUT2D eigenvalue weighted by Gasteiger charge is -2.51. The molecule has 0 aliphatic carbocycles. The average molecular weight is 410 g/mol. The summed E-state index contributed by atoms with van der Waals surface area (Å²) in [7, 11) is 3.62. The minimum Gasteiger partial charge on any atom is -0.464 e. The van der Waals surface area contributed by atoms with Crippen LogP contribution in [-0.4, -0.2) is 61.7 Å². The first kappa shape index (κ1) is 22.4. The number of halogens is 1. The highest BCUT2D eigenvalue weighted by Crippen LogP contribution is 2.35. The topological polar surface area (TPSA) is 119 Å². The standard InChI is InChI=1S/C15H24ClN3O6S/c1-7-24-13(21)9(8(2)3)18-11(20)10(12(18)26(16)23)19(14(17)22)25-15(4,5)6/h9-10,12H,2,7H2,1,3-6H3,(H2,17,22). The van der Waals surface area contributed by atoms with Crippen LogP contribution in [0.5, 0.6) is 0 Å². The zero-order chi connectivity index (χ0) is 20.4. The van der Waals surface area contributed by atoms with E-state index in [-0.39, 0.29) is 6.61 Å². The van der Waals surface area contributed by atoms with Crippen LogP contribution in [0.25, 0.3) is 0 Å². The number of carbonyl (C=O) groups excluding carboxylic acids is 3. The number of hydrogen-bond acceptors (Lipinski definition) is 6. The van der Waals surface area contributed by atoms with Crippen LogP contribution in [0.1, 0.15) is 34.6 Å². The number of nitrogens with zero attached hydrogens (tertiary/aromatic N) is 2. The molecule has 0 saturated carbocycles. The van der Waals surface area contributed by atoms with E-state index in [1.54, 1.807) is 27.7 Å². The average Bonchev–Trinajstić information content (AvgIpc) is 2.46. The molecule has 148 valence electrons. The van der Waals surface area contributed by atoms with Crippen LogP contribution in [0.3, 0.4) is 0 Å². The Morgan fingerprint density at radius 1 is 1.46 bits per heavy atom. The zero-order valence-electron chi connectivity index (χ0n) is 15.4. The van der Waals surface area contributed by atoms with Gasteiger partial charge in [-0.05, 0) is 50.9 Å². The van der Waals surface area contributed by atoms with Crippen molar-refractivity contribution in [3.63, 3.8) is 0 Å². The molecule has 0 aromatic rings. The van der Waals surface area contributed by atoms with E-state index in [1.165, 1.54) is 6.92 Å². The molecule has 4 atom stereocenters. The Balaban J connectivity index is 3.26. The van der Waals surface area contributed by atoms with Gasteiger partial charge < -0.3 is 15.4 Å². The fraction of sp³-hybridized carbons (Fsp3) is 0.667. The Kier molecular flexibility index (Phi) is 7.20. The molecule has 0 spiro atoms. The molecule has 1 heterocycles. The predicted octanol–water partition coefficient (Wildman–Crippen LogP) is 1.04. The number of hydrogen-bond donors (Lipinski definition) is 1. The van der Waals surface area contributed by atoms with Crippen molar-refractivity contribution in [3.8, 4) is 0 Å². The number of nitrogens with two attached hydrogens (primary N) is 1. The highest BCUT2D eigenvalue weighted by Gasteiger charge is 2.60. The number of urea groups is 1. The Morgan fingerprint density at radius 2 is 2.00 bits per heavy atom. The lowest BCUT2D eigenvalue weighted by molar-refractivity contribution is -0.234. The number of amides is 3. The van der Waals surface area contributed by atoms with Crippen molar-refractivity contribution in [1.29, 1.82) is 0 Å². The van der Waals surface area contributed by atoms with Gasteiger partial charge in [0.2, 0.25) is 0 Å². The first-order valence-corrected chi connectivity index (χ1v) is 9.86. The van der Waals surface area contributed by atoms with E-state index >= 15 is 0 Å². The number of carbonyl (C=O) groups is 3. The number of ether oxygens (including phenoxy) is 1. The fourth-order valence-corrected chi connectivity index (χ4v) is 3.84. The molecule has 2 N–H and O–H groups in total. The van der Waals surface area contributed by atoms with Gasteiger partial charge in [-0.2, -0.15) is 5.06 Å².